The molecule has 2 unspecified atom stereocenters. The molecule has 0 aliphatic carbocycles. The topological polar surface area (TPSA) is 110 Å². The molecular formula is C6H12O6. The van der Waals surface area contributed by atoms with E-state index in [1.807, 2.05) is 0 Å². The molecule has 0 aromatic carbocycles. The summed E-state index contributed by atoms with van der Waals surface area (Å²) in [6.45, 7) is -0.596. The summed E-state index contributed by atoms with van der Waals surface area (Å²) in [7, 11) is 0. The van der Waals surface area contributed by atoms with Crippen LogP contribution in [0.2, 0.25) is 0 Å². The van der Waals surface area contributed by atoms with Crippen LogP contribution in [0.3, 0.4) is 0 Å². The van der Waals surface area contributed by atoms with Crippen LogP contribution in [0.5, 0.6) is 0 Å². The van der Waals surface area contributed by atoms with Crippen molar-refractivity contribution >= 4 is 0 Å². The van der Waals surface area contributed by atoms with E-state index in [1.54, 1.807) is 0 Å². The summed E-state index contributed by atoms with van der Waals surface area (Å²) in [5.41, 5.74) is 0. The first-order chi connectivity index (χ1) is 5.57. The number of aliphatic hydroxyl groups is 5. The van der Waals surface area contributed by atoms with E-state index in [1.165, 1.54) is 0 Å². The Morgan fingerprint density at radius 1 is 1.17 bits per heavy atom. The summed E-state index contributed by atoms with van der Waals surface area (Å²) in [6.07, 6.45) is -6.75. The zero-order valence-electron chi connectivity index (χ0n) is 6.24. The Morgan fingerprint density at radius 3 is 2.08 bits per heavy atom. The molecule has 6 heteroatoms. The fourth-order valence-corrected chi connectivity index (χ4v) is 1.11. The second kappa shape index (κ2) is 3.65. The van der Waals surface area contributed by atoms with Gasteiger partial charge in [-0.05, 0) is 0 Å². The van der Waals surface area contributed by atoms with Gasteiger partial charge in [0.15, 0.2) is 6.29 Å². The lowest BCUT2D eigenvalue weighted by Crippen LogP contribution is -2.40. The van der Waals surface area contributed by atoms with E-state index in [-0.39, 0.29) is 0 Å². The highest BCUT2D eigenvalue weighted by atomic mass is 16.6. The second-order valence-electron chi connectivity index (χ2n) is 2.72. The smallest absolute Gasteiger partial charge is 0.184 e. The lowest BCUT2D eigenvalue weighted by Gasteiger charge is -2.18. The summed E-state index contributed by atoms with van der Waals surface area (Å²) >= 11 is 0. The van der Waals surface area contributed by atoms with E-state index in [4.69, 9.17) is 25.5 Å². The summed E-state index contributed by atoms with van der Waals surface area (Å²) < 4.78 is 4.58. The van der Waals surface area contributed by atoms with Crippen LogP contribution in [0.15, 0.2) is 0 Å². The third-order valence-electron chi connectivity index (χ3n) is 1.84. The molecule has 0 bridgehead atoms. The van der Waals surface area contributed by atoms with Crippen LogP contribution in [0.4, 0.5) is 0 Å². The van der Waals surface area contributed by atoms with Crippen LogP contribution in [0.1, 0.15) is 0 Å². The molecular weight excluding hydrogens is 168 g/mol. The van der Waals surface area contributed by atoms with Crippen molar-refractivity contribution in [1.82, 2.24) is 0 Å². The fraction of sp³-hybridized carbons (Fsp3) is 1.00. The molecule has 12 heavy (non-hydrogen) atoms. The molecule has 6 nitrogen and oxygen atoms in total. The number of hydrogen-bond donors (Lipinski definition) is 5. The van der Waals surface area contributed by atoms with Crippen LogP contribution in [-0.4, -0.2) is 62.8 Å². The summed E-state index contributed by atoms with van der Waals surface area (Å²) in [5, 5.41) is 44.4. The third-order valence-corrected chi connectivity index (χ3v) is 1.84. The van der Waals surface area contributed by atoms with Gasteiger partial charge in [-0.15, -0.1) is 0 Å². The van der Waals surface area contributed by atoms with Gasteiger partial charge >= 0.3 is 0 Å². The number of rotatable bonds is 2. The Morgan fingerprint density at radius 2 is 1.75 bits per heavy atom. The molecule has 0 saturated carbocycles. The average Bonchev–Trinajstić information content (AvgIpc) is 2.32. The lowest BCUT2D eigenvalue weighted by molar-refractivity contribution is -0.150. The van der Waals surface area contributed by atoms with Crippen molar-refractivity contribution in [3.8, 4) is 0 Å². The number of hydrogen-bond acceptors (Lipinski definition) is 6. The van der Waals surface area contributed by atoms with Crippen LogP contribution < -0.4 is 0 Å². The number of ether oxygens (including phenoxy) is 1. The molecule has 1 aliphatic heterocycles. The van der Waals surface area contributed by atoms with Crippen molar-refractivity contribution in [3.05, 3.63) is 0 Å². The predicted molar refractivity (Wildman–Crippen MR) is 36.0 cm³/mol. The van der Waals surface area contributed by atoms with E-state index in [2.05, 4.69) is 4.74 Å². The Hall–Kier alpha value is -0.240. The van der Waals surface area contributed by atoms with Crippen molar-refractivity contribution in [3.63, 3.8) is 0 Å². The summed E-state index contributed by atoms with van der Waals surface area (Å²) in [4.78, 5) is 0. The average molecular weight is 180 g/mol. The molecule has 0 radical (unpaired) electrons. The molecule has 0 spiro atoms. The lowest BCUT2D eigenvalue weighted by atomic mass is 10.1. The maximum atomic E-state index is 9.12. The van der Waals surface area contributed by atoms with Crippen LogP contribution in [-0.2, 0) is 4.74 Å². The molecule has 72 valence electrons. The standard InChI is InChI=1S/C6H12O6/c7-1-2(8)5-3(9)4(10)6(11)12-5/h2-11H,1H2/t2-,3-,4?,5?,6-/m0/s1. The van der Waals surface area contributed by atoms with Gasteiger partial charge in [-0.3, -0.25) is 0 Å². The zero-order valence-corrected chi connectivity index (χ0v) is 6.24. The second-order valence-corrected chi connectivity index (χ2v) is 2.72. The van der Waals surface area contributed by atoms with Crippen molar-refractivity contribution in [2.24, 2.45) is 0 Å². The number of aliphatic hydroxyl groups excluding tert-OH is 5. The van der Waals surface area contributed by atoms with Gasteiger partial charge in [0.1, 0.15) is 24.4 Å². The predicted octanol–water partition coefficient (Wildman–Crippen LogP) is -3.22. The molecule has 1 fully saturated rings. The maximum absolute atomic E-state index is 9.12. The monoisotopic (exact) mass is 180 g/mol. The fourth-order valence-electron chi connectivity index (χ4n) is 1.11. The quantitative estimate of drug-likeness (QED) is 0.306. The minimum Gasteiger partial charge on any atom is -0.394 e. The normalized spacial score (nSPS) is 44.8. The van der Waals surface area contributed by atoms with Gasteiger partial charge in [-0.2, -0.15) is 0 Å². The zero-order chi connectivity index (χ0) is 9.30. The highest BCUT2D eigenvalue weighted by Gasteiger charge is 2.44. The van der Waals surface area contributed by atoms with Crippen LogP contribution in [0, 0.1) is 0 Å². The van der Waals surface area contributed by atoms with E-state index in [9.17, 15) is 0 Å². The van der Waals surface area contributed by atoms with Crippen molar-refractivity contribution < 1.29 is 30.3 Å². The maximum Gasteiger partial charge on any atom is 0.184 e. The van der Waals surface area contributed by atoms with Gasteiger partial charge < -0.3 is 30.3 Å². The van der Waals surface area contributed by atoms with Crippen LogP contribution >= 0.6 is 0 Å². The highest BCUT2D eigenvalue weighted by molar-refractivity contribution is 4.89. The molecule has 0 aromatic rings. The van der Waals surface area contributed by atoms with Crippen molar-refractivity contribution in [2.45, 2.75) is 30.7 Å². The molecule has 0 amide bonds. The molecule has 1 aliphatic rings. The molecule has 1 heterocycles. The summed E-state index contributed by atoms with van der Waals surface area (Å²) in [6, 6.07) is 0. The highest BCUT2D eigenvalue weighted by Crippen LogP contribution is 2.21. The first kappa shape index (κ1) is 9.85. The molecule has 0 aromatic heterocycles. The first-order valence-corrected chi connectivity index (χ1v) is 3.56. The molecule has 5 N–H and O–H groups in total. The van der Waals surface area contributed by atoms with Crippen molar-refractivity contribution in [2.75, 3.05) is 6.61 Å². The minimum atomic E-state index is -1.51. The van der Waals surface area contributed by atoms with Crippen LogP contribution in [0.25, 0.3) is 0 Å². The molecule has 1 rings (SSSR count). The van der Waals surface area contributed by atoms with E-state index in [0.717, 1.165) is 0 Å². The Bertz CT molecular complexity index is 151. The largest absolute Gasteiger partial charge is 0.394 e. The van der Waals surface area contributed by atoms with Gasteiger partial charge in [0.05, 0.1) is 6.61 Å². The van der Waals surface area contributed by atoms with Gasteiger partial charge in [-0.1, -0.05) is 0 Å². The minimum absolute atomic E-state index is 0.596. The first-order valence-electron chi connectivity index (χ1n) is 3.56. The third kappa shape index (κ3) is 1.58. The Balaban J connectivity index is 2.58. The van der Waals surface area contributed by atoms with Gasteiger partial charge in [0.25, 0.3) is 0 Å². The summed E-state index contributed by atoms with van der Waals surface area (Å²) in [5.74, 6) is 0. The van der Waals surface area contributed by atoms with E-state index >= 15 is 0 Å². The van der Waals surface area contributed by atoms with Crippen molar-refractivity contribution in [1.29, 1.82) is 0 Å². The Labute approximate surface area is 68.6 Å². The van der Waals surface area contributed by atoms with E-state index in [0.29, 0.717) is 0 Å². The Kier molecular flexibility index (Phi) is 2.99. The van der Waals surface area contributed by atoms with Gasteiger partial charge in [0, 0.05) is 0 Å². The van der Waals surface area contributed by atoms with Gasteiger partial charge in [0.2, 0.25) is 0 Å². The SMILES string of the molecule is OC[C@H](O)C1O[C@H](O)C(O)[C@@H]1O. The molecule has 5 atom stereocenters. The molecule has 1 saturated heterocycles. The van der Waals surface area contributed by atoms with E-state index < -0.39 is 37.3 Å². The van der Waals surface area contributed by atoms with Gasteiger partial charge in [-0.25, -0.2) is 0 Å².